The SMILES string of the molecule is CC/C=C(\C(=O)OS(=O)(=O)c1ccc(C)cc1)c1csc(NC(=O)OC(C)(C)C)n1. The summed E-state index contributed by atoms with van der Waals surface area (Å²) in [5.41, 5.74) is 0.379. The second-order valence-corrected chi connectivity index (χ2v) is 9.73. The first kappa shape index (κ1) is 23.6. The molecule has 2 aromatic rings. The molecular weight excluding hydrogens is 428 g/mol. The van der Waals surface area contributed by atoms with Gasteiger partial charge in [-0.1, -0.05) is 30.7 Å². The van der Waals surface area contributed by atoms with Crippen LogP contribution in [0.15, 0.2) is 40.6 Å². The molecule has 10 heteroatoms. The second kappa shape index (κ2) is 9.40. The van der Waals surface area contributed by atoms with Crippen molar-refractivity contribution < 1.29 is 26.9 Å². The minimum absolute atomic E-state index is 0.0123. The Bertz CT molecular complexity index is 1050. The van der Waals surface area contributed by atoms with E-state index in [0.717, 1.165) is 16.9 Å². The van der Waals surface area contributed by atoms with Gasteiger partial charge < -0.3 is 8.92 Å². The van der Waals surface area contributed by atoms with Gasteiger partial charge in [-0.3, -0.25) is 5.32 Å². The molecule has 30 heavy (non-hydrogen) atoms. The normalized spacial score (nSPS) is 12.4. The van der Waals surface area contributed by atoms with E-state index >= 15 is 0 Å². The van der Waals surface area contributed by atoms with E-state index in [0.29, 0.717) is 6.42 Å². The summed E-state index contributed by atoms with van der Waals surface area (Å²) in [6.45, 7) is 8.79. The summed E-state index contributed by atoms with van der Waals surface area (Å²) in [7, 11) is -4.28. The Balaban J connectivity index is 2.19. The molecule has 0 spiro atoms. The maximum absolute atomic E-state index is 12.6. The van der Waals surface area contributed by atoms with Crippen LogP contribution in [0.1, 0.15) is 45.4 Å². The number of nitrogens with one attached hydrogen (secondary N) is 1. The number of thiazole rings is 1. The van der Waals surface area contributed by atoms with Gasteiger partial charge in [-0.15, -0.1) is 11.3 Å². The number of carbonyl (C=O) groups excluding carboxylic acids is 2. The maximum Gasteiger partial charge on any atom is 0.413 e. The average Bonchev–Trinajstić information content (AvgIpc) is 3.05. The van der Waals surface area contributed by atoms with E-state index in [2.05, 4.69) is 10.3 Å². The molecule has 1 amide bonds. The van der Waals surface area contributed by atoms with Gasteiger partial charge in [-0.2, -0.15) is 8.42 Å². The van der Waals surface area contributed by atoms with Crippen molar-refractivity contribution >= 4 is 44.2 Å². The van der Waals surface area contributed by atoms with Crippen LogP contribution in [-0.4, -0.2) is 31.1 Å². The Labute approximate surface area is 180 Å². The Kier molecular flexibility index (Phi) is 7.38. The molecule has 0 aliphatic heterocycles. The molecule has 0 radical (unpaired) electrons. The van der Waals surface area contributed by atoms with Crippen molar-refractivity contribution in [1.29, 1.82) is 0 Å². The predicted molar refractivity (Wildman–Crippen MR) is 115 cm³/mol. The van der Waals surface area contributed by atoms with Gasteiger partial charge in [0, 0.05) is 5.38 Å². The van der Waals surface area contributed by atoms with Gasteiger partial charge in [0.2, 0.25) is 0 Å². The molecular formula is C20H24N2O6S2. The fraction of sp³-hybridized carbons (Fsp3) is 0.350. The van der Waals surface area contributed by atoms with E-state index in [1.165, 1.54) is 23.6 Å². The van der Waals surface area contributed by atoms with E-state index in [9.17, 15) is 18.0 Å². The molecule has 1 N–H and O–H groups in total. The summed E-state index contributed by atoms with van der Waals surface area (Å²) in [6.07, 6.45) is 1.27. The minimum atomic E-state index is -4.28. The first-order valence-corrected chi connectivity index (χ1v) is 11.4. The summed E-state index contributed by atoms with van der Waals surface area (Å²) in [6, 6.07) is 5.96. The van der Waals surface area contributed by atoms with Crippen molar-refractivity contribution in [2.45, 2.75) is 51.5 Å². The van der Waals surface area contributed by atoms with E-state index in [1.807, 2.05) is 6.92 Å². The quantitative estimate of drug-likeness (QED) is 0.506. The Hall–Kier alpha value is -2.72. The van der Waals surface area contributed by atoms with Gasteiger partial charge in [-0.25, -0.2) is 14.6 Å². The van der Waals surface area contributed by atoms with Crippen molar-refractivity contribution in [2.75, 3.05) is 5.32 Å². The van der Waals surface area contributed by atoms with Crippen LogP contribution in [-0.2, 0) is 23.8 Å². The third-order valence-corrected chi connectivity index (χ3v) is 5.49. The molecule has 1 aromatic carbocycles. The Morgan fingerprint density at radius 1 is 1.20 bits per heavy atom. The first-order chi connectivity index (χ1) is 13.9. The lowest BCUT2D eigenvalue weighted by molar-refractivity contribution is -0.127. The number of hydrogen-bond donors (Lipinski definition) is 1. The number of anilines is 1. The molecule has 0 atom stereocenters. The van der Waals surface area contributed by atoms with E-state index < -0.39 is 27.8 Å². The Morgan fingerprint density at radius 2 is 1.83 bits per heavy atom. The van der Waals surface area contributed by atoms with Crippen molar-refractivity contribution in [2.24, 2.45) is 0 Å². The summed E-state index contributed by atoms with van der Waals surface area (Å²) in [4.78, 5) is 28.5. The molecule has 0 aliphatic rings. The molecule has 0 saturated heterocycles. The lowest BCUT2D eigenvalue weighted by Crippen LogP contribution is -2.27. The summed E-state index contributed by atoms with van der Waals surface area (Å²) in [5.74, 6) is -1.05. The molecule has 2 rings (SSSR count). The van der Waals surface area contributed by atoms with Gasteiger partial charge in [0.25, 0.3) is 0 Å². The van der Waals surface area contributed by atoms with Crippen molar-refractivity contribution in [3.05, 3.63) is 47.0 Å². The number of benzene rings is 1. The highest BCUT2D eigenvalue weighted by Crippen LogP contribution is 2.25. The molecule has 8 nitrogen and oxygen atoms in total. The van der Waals surface area contributed by atoms with Gasteiger partial charge >= 0.3 is 22.2 Å². The number of amides is 1. The fourth-order valence-electron chi connectivity index (χ4n) is 2.24. The zero-order valence-corrected chi connectivity index (χ0v) is 19.0. The van der Waals surface area contributed by atoms with Gasteiger partial charge in [0.1, 0.15) is 10.5 Å². The standard InChI is InChI=1S/C20H24N2O6S2/c1-6-7-15(16-12-29-18(21-16)22-19(24)27-20(3,4)5)17(23)28-30(25,26)14-10-8-13(2)9-11-14/h7-12H,6H2,1-5H3,(H,21,22,24)/b15-7-. The minimum Gasteiger partial charge on any atom is -0.444 e. The zero-order chi connectivity index (χ0) is 22.5. The highest BCUT2D eigenvalue weighted by molar-refractivity contribution is 7.87. The molecule has 0 unspecified atom stereocenters. The average molecular weight is 453 g/mol. The summed E-state index contributed by atoms with van der Waals surface area (Å²) < 4.78 is 34.8. The predicted octanol–water partition coefficient (Wildman–Crippen LogP) is 4.52. The highest BCUT2D eigenvalue weighted by atomic mass is 32.2. The van der Waals surface area contributed by atoms with Crippen LogP contribution < -0.4 is 5.32 Å². The molecule has 0 saturated carbocycles. The third kappa shape index (κ3) is 6.67. The fourth-order valence-corrected chi connectivity index (χ4v) is 3.79. The molecule has 0 aliphatic carbocycles. The molecule has 1 aromatic heterocycles. The van der Waals surface area contributed by atoms with Gasteiger partial charge in [0.05, 0.1) is 11.3 Å². The summed E-state index contributed by atoms with van der Waals surface area (Å²) in [5, 5.41) is 4.21. The lowest BCUT2D eigenvalue weighted by Gasteiger charge is -2.18. The monoisotopic (exact) mass is 452 g/mol. The molecule has 1 heterocycles. The van der Waals surface area contributed by atoms with Gasteiger partial charge in [0.15, 0.2) is 5.13 Å². The smallest absolute Gasteiger partial charge is 0.413 e. The Morgan fingerprint density at radius 3 is 2.40 bits per heavy atom. The van der Waals surface area contributed by atoms with Gasteiger partial charge in [-0.05, 0) is 46.2 Å². The van der Waals surface area contributed by atoms with Crippen LogP contribution in [0, 0.1) is 6.92 Å². The zero-order valence-electron chi connectivity index (χ0n) is 17.4. The van der Waals surface area contributed by atoms with Crippen molar-refractivity contribution in [3.8, 4) is 0 Å². The number of hydrogen-bond acceptors (Lipinski definition) is 8. The van der Waals surface area contributed by atoms with E-state index in [-0.39, 0.29) is 21.3 Å². The van der Waals surface area contributed by atoms with E-state index in [1.54, 1.807) is 39.8 Å². The van der Waals surface area contributed by atoms with Crippen LogP contribution in [0.25, 0.3) is 5.57 Å². The molecule has 0 bridgehead atoms. The molecule has 162 valence electrons. The van der Waals surface area contributed by atoms with Crippen LogP contribution in [0.5, 0.6) is 0 Å². The third-order valence-electron chi connectivity index (χ3n) is 3.51. The number of rotatable bonds is 6. The number of ether oxygens (including phenoxy) is 1. The van der Waals surface area contributed by atoms with Crippen molar-refractivity contribution in [1.82, 2.24) is 4.98 Å². The maximum atomic E-state index is 12.6. The highest BCUT2D eigenvalue weighted by Gasteiger charge is 2.25. The number of aryl methyl sites for hydroxylation is 1. The second-order valence-electron chi connectivity index (χ2n) is 7.33. The van der Waals surface area contributed by atoms with E-state index in [4.69, 9.17) is 8.92 Å². The lowest BCUT2D eigenvalue weighted by atomic mass is 10.2. The van der Waals surface area contributed by atoms with Crippen LogP contribution in [0.4, 0.5) is 9.93 Å². The van der Waals surface area contributed by atoms with Crippen molar-refractivity contribution in [3.63, 3.8) is 0 Å². The largest absolute Gasteiger partial charge is 0.444 e. The number of allylic oxidation sites excluding steroid dienone is 1. The molecule has 0 fully saturated rings. The number of nitrogens with zero attached hydrogens (tertiary/aromatic N) is 1. The van der Waals surface area contributed by atoms with Crippen LogP contribution in [0.2, 0.25) is 0 Å². The first-order valence-electron chi connectivity index (χ1n) is 9.13. The van der Waals surface area contributed by atoms with Crippen LogP contribution >= 0.6 is 11.3 Å². The van der Waals surface area contributed by atoms with Crippen LogP contribution in [0.3, 0.4) is 0 Å². The number of carbonyl (C=O) groups is 2. The summed E-state index contributed by atoms with van der Waals surface area (Å²) >= 11 is 1.07. The number of aromatic nitrogens is 1. The topological polar surface area (TPSA) is 112 Å².